The molecular formula is C23H34O3. The fraction of sp³-hybridized carbons (Fsp3) is 0.652. The lowest BCUT2D eigenvalue weighted by molar-refractivity contribution is -0.155. The summed E-state index contributed by atoms with van der Waals surface area (Å²) < 4.78 is 0. The molecule has 2 rings (SSSR count). The van der Waals surface area contributed by atoms with E-state index in [4.69, 9.17) is 0 Å². The van der Waals surface area contributed by atoms with Crippen molar-refractivity contribution >= 4 is 11.8 Å². The summed E-state index contributed by atoms with van der Waals surface area (Å²) in [5.41, 5.74) is 2.05. The summed E-state index contributed by atoms with van der Waals surface area (Å²) >= 11 is 0. The van der Waals surface area contributed by atoms with Gasteiger partial charge in [-0.15, -0.1) is 0 Å². The Balaban J connectivity index is 2.55. The number of carbonyl (C=O) groups excluding carboxylic acids is 1. The van der Waals surface area contributed by atoms with E-state index in [0.717, 1.165) is 54.4 Å². The molecule has 3 nitrogen and oxygen atoms in total. The van der Waals surface area contributed by atoms with Crippen LogP contribution in [0.15, 0.2) is 12.1 Å². The van der Waals surface area contributed by atoms with E-state index in [1.165, 1.54) is 0 Å². The molecule has 1 aliphatic carbocycles. The summed E-state index contributed by atoms with van der Waals surface area (Å²) in [7, 11) is 0. The molecule has 1 aliphatic rings. The fourth-order valence-corrected chi connectivity index (χ4v) is 5.06. The van der Waals surface area contributed by atoms with Crippen LogP contribution in [-0.2, 0) is 4.79 Å². The van der Waals surface area contributed by atoms with Crippen LogP contribution in [0.5, 0.6) is 0 Å². The highest BCUT2D eigenvalue weighted by Crippen LogP contribution is 2.56. The molecule has 0 radical (unpaired) electrons. The average molecular weight is 359 g/mol. The van der Waals surface area contributed by atoms with Crippen molar-refractivity contribution in [1.29, 1.82) is 0 Å². The standard InChI is InChI=1S/C23H34O3/c1-6-7-8-11-22(5,21(25)26)23(12-9-10-13-23)20(24)19-17(3)14-16(2)15-18(19)4/h14-15H,6-13H2,1-5H3,(H,25,26). The summed E-state index contributed by atoms with van der Waals surface area (Å²) in [6.07, 6.45) is 6.74. The molecule has 144 valence electrons. The third kappa shape index (κ3) is 3.45. The van der Waals surface area contributed by atoms with Crippen LogP contribution in [0.2, 0.25) is 0 Å². The predicted molar refractivity (Wildman–Crippen MR) is 106 cm³/mol. The van der Waals surface area contributed by atoms with Crippen LogP contribution in [0.1, 0.15) is 92.3 Å². The van der Waals surface area contributed by atoms with E-state index in [2.05, 4.69) is 6.92 Å². The SMILES string of the molecule is CCCCCC(C)(C(=O)O)C1(C(=O)c2c(C)cc(C)cc2C)CCCC1. The van der Waals surface area contributed by atoms with Crippen LogP contribution < -0.4 is 0 Å². The normalized spacial score (nSPS) is 18.5. The lowest BCUT2D eigenvalue weighted by Crippen LogP contribution is -2.49. The topological polar surface area (TPSA) is 54.4 Å². The Morgan fingerprint density at radius 1 is 1.08 bits per heavy atom. The minimum absolute atomic E-state index is 0.0615. The molecule has 1 atom stereocenters. The molecule has 1 fully saturated rings. The van der Waals surface area contributed by atoms with Gasteiger partial charge in [-0.25, -0.2) is 0 Å². The number of benzene rings is 1. The van der Waals surface area contributed by atoms with E-state index < -0.39 is 16.8 Å². The van der Waals surface area contributed by atoms with Gasteiger partial charge in [0.1, 0.15) is 0 Å². The molecule has 1 N–H and O–H groups in total. The Bertz CT molecular complexity index is 660. The Labute approximate surface area is 158 Å². The van der Waals surface area contributed by atoms with Crippen LogP contribution in [0, 0.1) is 31.6 Å². The van der Waals surface area contributed by atoms with Crippen molar-refractivity contribution in [3.63, 3.8) is 0 Å². The molecule has 3 heteroatoms. The number of rotatable bonds is 8. The first-order valence-corrected chi connectivity index (χ1v) is 10.1. The van der Waals surface area contributed by atoms with E-state index in [9.17, 15) is 14.7 Å². The second-order valence-electron chi connectivity index (χ2n) is 8.49. The van der Waals surface area contributed by atoms with Gasteiger partial charge >= 0.3 is 5.97 Å². The monoisotopic (exact) mass is 358 g/mol. The van der Waals surface area contributed by atoms with Gasteiger partial charge in [-0.05, 0) is 58.1 Å². The molecule has 26 heavy (non-hydrogen) atoms. The summed E-state index contributed by atoms with van der Waals surface area (Å²) in [6, 6.07) is 4.08. The highest BCUT2D eigenvalue weighted by Gasteiger charge is 2.58. The Hall–Kier alpha value is -1.64. The van der Waals surface area contributed by atoms with Gasteiger partial charge in [0, 0.05) is 11.0 Å². The quantitative estimate of drug-likeness (QED) is 0.456. The molecule has 0 spiro atoms. The van der Waals surface area contributed by atoms with Crippen LogP contribution in [0.3, 0.4) is 0 Å². The molecule has 0 heterocycles. The molecule has 0 bridgehead atoms. The van der Waals surface area contributed by atoms with Gasteiger partial charge in [0.2, 0.25) is 0 Å². The molecular weight excluding hydrogens is 324 g/mol. The van der Waals surface area contributed by atoms with Gasteiger partial charge in [-0.2, -0.15) is 0 Å². The molecule has 0 amide bonds. The molecule has 1 aromatic rings. The highest BCUT2D eigenvalue weighted by atomic mass is 16.4. The van der Waals surface area contributed by atoms with Crippen molar-refractivity contribution in [3.8, 4) is 0 Å². The first-order chi connectivity index (χ1) is 12.2. The molecule has 1 saturated carbocycles. The lowest BCUT2D eigenvalue weighted by atomic mass is 9.57. The van der Waals surface area contributed by atoms with E-state index >= 15 is 0 Å². The maximum absolute atomic E-state index is 13.8. The number of aliphatic carboxylic acids is 1. The van der Waals surface area contributed by atoms with Gasteiger partial charge in [0.05, 0.1) is 5.41 Å². The number of Topliss-reactive ketones (excluding diaryl/α,β-unsaturated/α-hetero) is 1. The van der Waals surface area contributed by atoms with Gasteiger partial charge < -0.3 is 5.11 Å². The van der Waals surface area contributed by atoms with Crippen LogP contribution >= 0.6 is 0 Å². The maximum Gasteiger partial charge on any atom is 0.310 e. The van der Waals surface area contributed by atoms with E-state index in [-0.39, 0.29) is 5.78 Å². The number of carboxylic acids is 1. The smallest absolute Gasteiger partial charge is 0.310 e. The van der Waals surface area contributed by atoms with Crippen LogP contribution in [0.25, 0.3) is 0 Å². The Kier molecular flexibility index (Phi) is 6.31. The molecule has 0 aliphatic heterocycles. The molecule has 0 aromatic heterocycles. The minimum atomic E-state index is -1.00. The van der Waals surface area contributed by atoms with Gasteiger partial charge in [-0.3, -0.25) is 9.59 Å². The second-order valence-corrected chi connectivity index (χ2v) is 8.49. The second kappa shape index (κ2) is 7.94. The van der Waals surface area contributed by atoms with E-state index in [1.807, 2.05) is 39.8 Å². The first-order valence-electron chi connectivity index (χ1n) is 10.1. The number of ketones is 1. The summed E-state index contributed by atoms with van der Waals surface area (Å²) in [4.78, 5) is 26.3. The fourth-order valence-electron chi connectivity index (χ4n) is 5.06. The number of unbranched alkanes of at least 4 members (excludes halogenated alkanes) is 2. The predicted octanol–water partition coefficient (Wildman–Crippen LogP) is 6.03. The number of carboxylic acid groups (broad SMARTS) is 1. The zero-order chi connectivity index (χ0) is 19.5. The van der Waals surface area contributed by atoms with Crippen molar-refractivity contribution in [2.75, 3.05) is 0 Å². The van der Waals surface area contributed by atoms with Crippen molar-refractivity contribution in [3.05, 3.63) is 34.4 Å². The summed E-state index contributed by atoms with van der Waals surface area (Å²) in [5, 5.41) is 10.2. The minimum Gasteiger partial charge on any atom is -0.481 e. The van der Waals surface area contributed by atoms with Crippen molar-refractivity contribution < 1.29 is 14.7 Å². The summed E-state index contributed by atoms with van der Waals surface area (Å²) in [6.45, 7) is 9.93. The van der Waals surface area contributed by atoms with Crippen molar-refractivity contribution in [2.45, 2.75) is 86.0 Å². The molecule has 1 unspecified atom stereocenters. The number of hydrogen-bond donors (Lipinski definition) is 1. The van der Waals surface area contributed by atoms with Crippen LogP contribution in [-0.4, -0.2) is 16.9 Å². The van der Waals surface area contributed by atoms with Gasteiger partial charge in [0.25, 0.3) is 0 Å². The van der Waals surface area contributed by atoms with E-state index in [0.29, 0.717) is 19.3 Å². The third-order valence-corrected chi connectivity index (χ3v) is 6.60. The summed E-state index contributed by atoms with van der Waals surface area (Å²) in [5.74, 6) is -0.752. The van der Waals surface area contributed by atoms with Crippen molar-refractivity contribution in [2.24, 2.45) is 10.8 Å². The van der Waals surface area contributed by atoms with Crippen LogP contribution in [0.4, 0.5) is 0 Å². The van der Waals surface area contributed by atoms with Crippen molar-refractivity contribution in [1.82, 2.24) is 0 Å². The van der Waals surface area contributed by atoms with Gasteiger partial charge in [0.15, 0.2) is 5.78 Å². The van der Waals surface area contributed by atoms with Gasteiger partial charge in [-0.1, -0.05) is 56.7 Å². The number of hydrogen-bond acceptors (Lipinski definition) is 2. The average Bonchev–Trinajstić information content (AvgIpc) is 3.05. The van der Waals surface area contributed by atoms with E-state index in [1.54, 1.807) is 0 Å². The number of carbonyl (C=O) groups is 2. The highest BCUT2D eigenvalue weighted by molar-refractivity contribution is 6.06. The maximum atomic E-state index is 13.8. The largest absolute Gasteiger partial charge is 0.481 e. The third-order valence-electron chi connectivity index (χ3n) is 6.60. The molecule has 0 saturated heterocycles. The Morgan fingerprint density at radius 2 is 1.62 bits per heavy atom. The first kappa shape index (κ1) is 20.7. The zero-order valence-corrected chi connectivity index (χ0v) is 17.1. The zero-order valence-electron chi connectivity index (χ0n) is 17.1. The molecule has 1 aromatic carbocycles. The lowest BCUT2D eigenvalue weighted by Gasteiger charge is -2.43. The Morgan fingerprint density at radius 3 is 2.08 bits per heavy atom. The number of aryl methyl sites for hydroxylation is 3.